The molecule has 0 unspecified atom stereocenters. The van der Waals surface area contributed by atoms with Crippen molar-refractivity contribution >= 4 is 58.9 Å². The van der Waals surface area contributed by atoms with Gasteiger partial charge in [0.15, 0.2) is 5.78 Å². The van der Waals surface area contributed by atoms with E-state index in [1.54, 1.807) is 36.4 Å². The molecule has 2 aromatic carbocycles. The monoisotopic (exact) mass is 1090 g/mol. The number of carbonyl (C=O) groups excluding carboxylic acids is 7. The summed E-state index contributed by atoms with van der Waals surface area (Å²) in [5.74, 6) is -0.388. The molecule has 24 heteroatoms. The largest absolute Gasteiger partial charge is 0.494 e. The second kappa shape index (κ2) is 37.4. The Hall–Kier alpha value is -5.44. The molecule has 3 fully saturated rings. The zero-order valence-electron chi connectivity index (χ0n) is 43.4. The van der Waals surface area contributed by atoms with E-state index in [1.165, 1.54) is 0 Å². The van der Waals surface area contributed by atoms with Crippen molar-refractivity contribution < 1.29 is 81.0 Å². The SMILES string of the molecule is O=C(CCCC[C@@H]1SC[C@@H]2NC(=O)N[C@@H]21)NCCOCCOCCOCCOCCC(=O)NCCCOc1ccc(C(=O)c2ccc(NCCOCCOCCOCCOCCC(=O)ON3C(=O)CCC3=O)cc2)cc1. The van der Waals surface area contributed by atoms with Crippen LogP contribution in [0.25, 0.3) is 0 Å². The van der Waals surface area contributed by atoms with Gasteiger partial charge >= 0.3 is 12.0 Å². The molecule has 0 aromatic heterocycles. The Morgan fingerprint density at radius 1 is 0.539 bits per heavy atom. The molecule has 3 saturated heterocycles. The van der Waals surface area contributed by atoms with E-state index in [2.05, 4.69) is 26.6 Å². The Morgan fingerprint density at radius 2 is 1.05 bits per heavy atom. The lowest BCUT2D eigenvalue weighted by Gasteiger charge is -2.16. The first-order valence-corrected chi connectivity index (χ1v) is 27.2. The summed E-state index contributed by atoms with van der Waals surface area (Å²) in [4.78, 5) is 88.3. The Bertz CT molecular complexity index is 2040. The minimum Gasteiger partial charge on any atom is -0.494 e. The number of anilines is 1. The number of hydrogen-bond donors (Lipinski definition) is 5. The molecule has 0 spiro atoms. The van der Waals surface area contributed by atoms with Crippen LogP contribution in [0, 0.1) is 0 Å². The molecule has 0 aliphatic carbocycles. The lowest BCUT2D eigenvalue weighted by Crippen LogP contribution is -2.36. The van der Waals surface area contributed by atoms with E-state index in [0.29, 0.717) is 152 Å². The highest BCUT2D eigenvalue weighted by molar-refractivity contribution is 8.00. The fourth-order valence-corrected chi connectivity index (χ4v) is 9.27. The molecule has 6 amide bonds. The number of urea groups is 1. The molecule has 76 heavy (non-hydrogen) atoms. The molecule has 3 atom stereocenters. The van der Waals surface area contributed by atoms with Gasteiger partial charge in [-0.05, 0) is 67.8 Å². The number of imide groups is 1. The number of unbranched alkanes of at least 4 members (excludes halogenated alkanes) is 1. The summed E-state index contributed by atoms with van der Waals surface area (Å²) in [7, 11) is 0. The van der Waals surface area contributed by atoms with E-state index >= 15 is 0 Å². The lowest BCUT2D eigenvalue weighted by atomic mass is 10.0. The Kier molecular flexibility index (Phi) is 30.2. The fourth-order valence-electron chi connectivity index (χ4n) is 7.73. The fraction of sp³-hybridized carbons (Fsp3) is 0.635. The molecule has 5 N–H and O–H groups in total. The maximum atomic E-state index is 13.1. The quantitative estimate of drug-likeness (QED) is 0.0276. The maximum absolute atomic E-state index is 13.1. The van der Waals surface area contributed by atoms with E-state index in [4.69, 9.17) is 47.5 Å². The van der Waals surface area contributed by atoms with Crippen molar-refractivity contribution in [2.45, 2.75) is 75.1 Å². The van der Waals surface area contributed by atoms with E-state index in [9.17, 15) is 33.6 Å². The first-order valence-electron chi connectivity index (χ1n) is 26.2. The van der Waals surface area contributed by atoms with Crippen molar-refractivity contribution in [1.29, 1.82) is 0 Å². The average Bonchev–Trinajstić information content (AvgIpc) is 4.09. The van der Waals surface area contributed by atoms with Crippen molar-refractivity contribution in [2.75, 3.05) is 143 Å². The molecule has 3 aliphatic heterocycles. The molecule has 0 bridgehead atoms. The van der Waals surface area contributed by atoms with Crippen LogP contribution in [0.4, 0.5) is 10.5 Å². The molecule has 2 aromatic rings. The molecule has 422 valence electrons. The number of nitrogens with zero attached hydrogens (tertiary/aromatic N) is 1. The minimum atomic E-state index is -0.713. The summed E-state index contributed by atoms with van der Waals surface area (Å²) in [6.45, 7) is 7.69. The molecule has 3 aliphatic rings. The van der Waals surface area contributed by atoms with Crippen LogP contribution in [0.2, 0.25) is 0 Å². The Labute approximate surface area is 448 Å². The van der Waals surface area contributed by atoms with E-state index in [0.717, 1.165) is 30.7 Å². The predicted molar refractivity (Wildman–Crippen MR) is 278 cm³/mol. The van der Waals surface area contributed by atoms with Gasteiger partial charge in [-0.3, -0.25) is 24.0 Å². The summed E-state index contributed by atoms with van der Waals surface area (Å²) in [5.41, 5.74) is 1.95. The van der Waals surface area contributed by atoms with Crippen LogP contribution in [0.15, 0.2) is 48.5 Å². The summed E-state index contributed by atoms with van der Waals surface area (Å²) < 4.78 is 49.7. The first kappa shape index (κ1) is 61.4. The zero-order valence-corrected chi connectivity index (χ0v) is 44.2. The third-order valence-corrected chi connectivity index (χ3v) is 13.3. The van der Waals surface area contributed by atoms with Crippen LogP contribution < -0.4 is 31.3 Å². The van der Waals surface area contributed by atoms with Gasteiger partial charge in [-0.2, -0.15) is 11.8 Å². The molecule has 0 radical (unpaired) electrons. The van der Waals surface area contributed by atoms with Crippen LogP contribution >= 0.6 is 11.8 Å². The predicted octanol–water partition coefficient (Wildman–Crippen LogP) is 2.58. The number of hydroxylamine groups is 2. The summed E-state index contributed by atoms with van der Waals surface area (Å²) in [6, 6.07) is 14.5. The van der Waals surface area contributed by atoms with Gasteiger partial charge in [-0.1, -0.05) is 6.42 Å². The highest BCUT2D eigenvalue weighted by Crippen LogP contribution is 2.33. The summed E-state index contributed by atoms with van der Waals surface area (Å²) in [6.07, 6.45) is 4.09. The van der Waals surface area contributed by atoms with Crippen molar-refractivity contribution in [3.63, 3.8) is 0 Å². The number of ketones is 1. The minimum absolute atomic E-state index is 0.0200. The molecule has 0 saturated carbocycles. The van der Waals surface area contributed by atoms with Crippen molar-refractivity contribution in [3.05, 3.63) is 59.7 Å². The zero-order chi connectivity index (χ0) is 53.8. The second-order valence-corrected chi connectivity index (χ2v) is 18.8. The number of amides is 6. The number of rotatable bonds is 44. The number of carbonyl (C=O) groups is 7. The van der Waals surface area contributed by atoms with Gasteiger partial charge in [0, 0.05) is 73.1 Å². The average molecular weight is 1090 g/mol. The summed E-state index contributed by atoms with van der Waals surface area (Å²) in [5, 5.41) is 15.9. The third kappa shape index (κ3) is 25.1. The van der Waals surface area contributed by atoms with Gasteiger partial charge in [0.25, 0.3) is 11.8 Å². The normalized spacial score (nSPS) is 16.8. The highest BCUT2D eigenvalue weighted by Gasteiger charge is 2.42. The number of nitrogens with one attached hydrogen (secondary N) is 5. The molecular formula is C52H76N6O17S. The van der Waals surface area contributed by atoms with Crippen molar-refractivity contribution in [3.8, 4) is 5.75 Å². The van der Waals surface area contributed by atoms with Crippen LogP contribution in [0.5, 0.6) is 5.75 Å². The lowest BCUT2D eigenvalue weighted by molar-refractivity contribution is -0.198. The number of hydrogen-bond acceptors (Lipinski definition) is 19. The van der Waals surface area contributed by atoms with Crippen LogP contribution in [-0.2, 0) is 66.7 Å². The van der Waals surface area contributed by atoms with Crippen LogP contribution in [-0.4, -0.2) is 202 Å². The third-order valence-electron chi connectivity index (χ3n) is 11.8. The molecular weight excluding hydrogens is 1010 g/mol. The highest BCUT2D eigenvalue weighted by atomic mass is 32.2. The Balaban J connectivity index is 0.728. The number of ether oxygens (including phenoxy) is 9. The Morgan fingerprint density at radius 3 is 1.66 bits per heavy atom. The van der Waals surface area contributed by atoms with Gasteiger partial charge in [0.05, 0.1) is 131 Å². The van der Waals surface area contributed by atoms with Crippen molar-refractivity contribution in [2.24, 2.45) is 0 Å². The maximum Gasteiger partial charge on any atom is 0.335 e. The second-order valence-electron chi connectivity index (χ2n) is 17.6. The topological polar surface area (TPSA) is 275 Å². The van der Waals surface area contributed by atoms with Crippen LogP contribution in [0.1, 0.15) is 73.7 Å². The van der Waals surface area contributed by atoms with Gasteiger partial charge in [-0.15, -0.1) is 5.06 Å². The van der Waals surface area contributed by atoms with Gasteiger partial charge < -0.3 is 74.1 Å². The van der Waals surface area contributed by atoms with Crippen LogP contribution in [0.3, 0.4) is 0 Å². The first-order chi connectivity index (χ1) is 37.2. The van der Waals surface area contributed by atoms with Gasteiger partial charge in [0.2, 0.25) is 11.8 Å². The molecule has 23 nitrogen and oxygen atoms in total. The number of thioether (sulfide) groups is 1. The smallest absolute Gasteiger partial charge is 0.335 e. The molecule has 5 rings (SSSR count). The van der Waals surface area contributed by atoms with Gasteiger partial charge in [0.1, 0.15) is 5.75 Å². The van der Waals surface area contributed by atoms with E-state index < -0.39 is 17.8 Å². The summed E-state index contributed by atoms with van der Waals surface area (Å²) >= 11 is 1.89. The standard InChI is InChI=1S/C52H76N6O17S/c59-45(5-2-1-4-44-50-43(38-76-44)56-52(65)57-50)55-20-25-69-29-33-73-36-34-70-30-26-66-22-16-46(60)54-18-3-21-74-42-12-8-40(9-13-42)51(64)39-6-10-41(11-7-39)53-19-24-68-28-32-72-37-35-71-31-27-67-23-17-49(63)75-58-47(61)14-15-48(58)62/h6-13,43-44,50,53H,1-5,14-38H2,(H,54,60)(H,55,59)(H2,56,57,65)/t43-,44-,50-/m0/s1. The van der Waals surface area contributed by atoms with E-state index in [1.807, 2.05) is 23.9 Å². The van der Waals surface area contributed by atoms with Crippen molar-refractivity contribution in [1.82, 2.24) is 26.3 Å². The number of fused-ring (bicyclic) bond motifs is 1. The number of benzene rings is 2. The molecule has 3 heterocycles. The van der Waals surface area contributed by atoms with Gasteiger partial charge in [-0.25, -0.2) is 9.59 Å². The van der Waals surface area contributed by atoms with E-state index in [-0.39, 0.29) is 81.2 Å².